The zero-order valence-electron chi connectivity index (χ0n) is 18.7. The number of hydrogen-bond donors (Lipinski definition) is 2. The number of alkyl halides is 2. The van der Waals surface area contributed by atoms with Gasteiger partial charge in [-0.15, -0.1) is 0 Å². The predicted molar refractivity (Wildman–Crippen MR) is 128 cm³/mol. The van der Waals surface area contributed by atoms with E-state index < -0.39 is 22.1 Å². The molecule has 0 saturated carbocycles. The lowest BCUT2D eigenvalue weighted by atomic mass is 9.98. The normalized spacial score (nSPS) is 11.6. The standard InChI is InChI=1S/C25H22F2N4O3S/c1-16(32)29-15-17-7-11-20(12-8-17)31-24(19-9-13-21(14-10-19)35(28,33)34)22(23(30-31)25(26)27)18-5-3-2-4-6-18/h2-14,25H,15H2,1H3,(H,29,32)(H2,28,33,34). The Labute approximate surface area is 201 Å². The third-order valence-corrected chi connectivity index (χ3v) is 6.29. The number of amides is 1. The van der Waals surface area contributed by atoms with Gasteiger partial charge >= 0.3 is 0 Å². The monoisotopic (exact) mass is 496 g/mol. The van der Waals surface area contributed by atoms with Crippen molar-refractivity contribution in [1.29, 1.82) is 0 Å². The molecule has 0 saturated heterocycles. The van der Waals surface area contributed by atoms with Gasteiger partial charge in [-0.1, -0.05) is 54.6 Å². The van der Waals surface area contributed by atoms with Crippen LogP contribution in [-0.2, 0) is 21.4 Å². The molecule has 35 heavy (non-hydrogen) atoms. The van der Waals surface area contributed by atoms with Gasteiger partial charge < -0.3 is 5.32 Å². The molecule has 0 aliphatic rings. The molecule has 3 aromatic carbocycles. The lowest BCUT2D eigenvalue weighted by Gasteiger charge is -2.12. The van der Waals surface area contributed by atoms with E-state index in [9.17, 15) is 22.0 Å². The van der Waals surface area contributed by atoms with E-state index >= 15 is 0 Å². The van der Waals surface area contributed by atoms with Crippen molar-refractivity contribution in [2.75, 3.05) is 0 Å². The summed E-state index contributed by atoms with van der Waals surface area (Å²) in [5, 5.41) is 12.2. The van der Waals surface area contributed by atoms with E-state index in [4.69, 9.17) is 5.14 Å². The highest BCUT2D eigenvalue weighted by Crippen LogP contribution is 2.40. The Morgan fingerprint density at radius 2 is 1.60 bits per heavy atom. The zero-order chi connectivity index (χ0) is 25.2. The van der Waals surface area contributed by atoms with Crippen LogP contribution < -0.4 is 10.5 Å². The number of aromatic nitrogens is 2. The molecule has 0 aliphatic heterocycles. The minimum Gasteiger partial charge on any atom is -0.352 e. The molecule has 10 heteroatoms. The van der Waals surface area contributed by atoms with Gasteiger partial charge in [0.1, 0.15) is 5.69 Å². The van der Waals surface area contributed by atoms with Gasteiger partial charge in [-0.05, 0) is 35.4 Å². The van der Waals surface area contributed by atoms with Crippen molar-refractivity contribution in [2.45, 2.75) is 24.8 Å². The number of nitrogens with one attached hydrogen (secondary N) is 1. The molecular formula is C25H22F2N4O3S. The van der Waals surface area contributed by atoms with Crippen molar-refractivity contribution in [3.8, 4) is 28.1 Å². The Morgan fingerprint density at radius 3 is 2.14 bits per heavy atom. The second-order valence-corrected chi connectivity index (χ2v) is 9.39. The van der Waals surface area contributed by atoms with Crippen LogP contribution in [0.5, 0.6) is 0 Å². The van der Waals surface area contributed by atoms with Gasteiger partial charge in [-0.25, -0.2) is 27.0 Å². The van der Waals surface area contributed by atoms with E-state index in [1.807, 2.05) is 0 Å². The van der Waals surface area contributed by atoms with Crippen molar-refractivity contribution >= 4 is 15.9 Å². The second kappa shape index (κ2) is 9.77. The van der Waals surface area contributed by atoms with E-state index in [0.717, 1.165) is 5.56 Å². The van der Waals surface area contributed by atoms with E-state index in [0.29, 0.717) is 29.1 Å². The molecule has 0 atom stereocenters. The minimum atomic E-state index is -3.92. The van der Waals surface area contributed by atoms with Crippen molar-refractivity contribution < 1.29 is 22.0 Å². The average Bonchev–Trinajstić information content (AvgIpc) is 3.24. The summed E-state index contributed by atoms with van der Waals surface area (Å²) >= 11 is 0. The molecule has 0 aliphatic carbocycles. The minimum absolute atomic E-state index is 0.0926. The Morgan fingerprint density at radius 1 is 0.971 bits per heavy atom. The summed E-state index contributed by atoms with van der Waals surface area (Å²) in [7, 11) is -3.92. The first kappa shape index (κ1) is 24.2. The maximum absolute atomic E-state index is 14.2. The van der Waals surface area contributed by atoms with Crippen molar-refractivity contribution in [3.63, 3.8) is 0 Å². The van der Waals surface area contributed by atoms with Crippen LogP contribution in [0.25, 0.3) is 28.1 Å². The van der Waals surface area contributed by atoms with Crippen molar-refractivity contribution in [1.82, 2.24) is 15.1 Å². The third-order valence-electron chi connectivity index (χ3n) is 5.36. The number of rotatable bonds is 7. The molecule has 4 rings (SSSR count). The molecule has 0 fully saturated rings. The fourth-order valence-corrected chi connectivity index (χ4v) is 4.23. The van der Waals surface area contributed by atoms with E-state index in [1.54, 1.807) is 54.6 Å². The molecule has 0 bridgehead atoms. The van der Waals surface area contributed by atoms with Crippen LogP contribution in [0.2, 0.25) is 0 Å². The Bertz CT molecular complexity index is 1450. The number of nitrogens with zero attached hydrogens (tertiary/aromatic N) is 2. The first-order valence-electron chi connectivity index (χ1n) is 10.6. The van der Waals surface area contributed by atoms with Gasteiger partial charge in [-0.3, -0.25) is 4.79 Å². The van der Waals surface area contributed by atoms with Gasteiger partial charge in [0, 0.05) is 24.6 Å². The molecule has 1 amide bonds. The number of hydrogen-bond acceptors (Lipinski definition) is 4. The lowest BCUT2D eigenvalue weighted by Crippen LogP contribution is -2.18. The number of benzene rings is 3. The quantitative estimate of drug-likeness (QED) is 0.395. The SMILES string of the molecule is CC(=O)NCc1ccc(-n2nc(C(F)F)c(-c3ccccc3)c2-c2ccc(S(N)(=O)=O)cc2)cc1. The molecule has 180 valence electrons. The van der Waals surface area contributed by atoms with Crippen LogP contribution in [0, 0.1) is 0 Å². The summed E-state index contributed by atoms with van der Waals surface area (Å²) in [6.45, 7) is 1.75. The highest BCUT2D eigenvalue weighted by atomic mass is 32.2. The maximum Gasteiger partial charge on any atom is 0.282 e. The van der Waals surface area contributed by atoms with E-state index in [1.165, 1.54) is 35.9 Å². The topological polar surface area (TPSA) is 107 Å². The zero-order valence-corrected chi connectivity index (χ0v) is 19.5. The van der Waals surface area contributed by atoms with E-state index in [2.05, 4.69) is 10.4 Å². The Balaban J connectivity index is 1.92. The smallest absolute Gasteiger partial charge is 0.282 e. The van der Waals surface area contributed by atoms with Crippen LogP contribution in [0.15, 0.2) is 83.8 Å². The second-order valence-electron chi connectivity index (χ2n) is 7.83. The summed E-state index contributed by atoms with van der Waals surface area (Å²) < 4.78 is 53.2. The maximum atomic E-state index is 14.2. The predicted octanol–water partition coefficient (Wildman–Crippen LogP) is 4.43. The van der Waals surface area contributed by atoms with Crippen LogP contribution >= 0.6 is 0 Å². The molecule has 1 aromatic heterocycles. The summed E-state index contributed by atoms with van der Waals surface area (Å²) in [6.07, 6.45) is -2.85. The van der Waals surface area contributed by atoms with Gasteiger partial charge in [0.05, 0.1) is 16.3 Å². The molecule has 0 spiro atoms. The summed E-state index contributed by atoms with van der Waals surface area (Å²) in [5.74, 6) is -0.166. The molecule has 4 aromatic rings. The number of nitrogens with two attached hydrogens (primary N) is 1. The fourth-order valence-electron chi connectivity index (χ4n) is 3.71. The lowest BCUT2D eigenvalue weighted by molar-refractivity contribution is -0.119. The highest BCUT2D eigenvalue weighted by molar-refractivity contribution is 7.89. The molecule has 3 N–H and O–H groups in total. The van der Waals surface area contributed by atoms with Gasteiger partial charge in [0.15, 0.2) is 0 Å². The van der Waals surface area contributed by atoms with Crippen molar-refractivity contribution in [3.05, 3.63) is 90.1 Å². The van der Waals surface area contributed by atoms with Gasteiger partial charge in [-0.2, -0.15) is 5.10 Å². The van der Waals surface area contributed by atoms with Gasteiger partial charge in [0.25, 0.3) is 6.43 Å². The fraction of sp³-hybridized carbons (Fsp3) is 0.120. The number of carbonyl (C=O) groups excluding carboxylic acids is 1. The summed E-state index contributed by atoms with van der Waals surface area (Å²) in [4.78, 5) is 11.1. The third kappa shape index (κ3) is 5.28. The molecule has 1 heterocycles. The number of halogens is 2. The molecule has 0 unspecified atom stereocenters. The first-order chi connectivity index (χ1) is 16.6. The Hall–Kier alpha value is -3.89. The van der Waals surface area contributed by atoms with E-state index in [-0.39, 0.29) is 16.4 Å². The van der Waals surface area contributed by atoms with Crippen LogP contribution in [-0.4, -0.2) is 24.1 Å². The highest BCUT2D eigenvalue weighted by Gasteiger charge is 2.27. The van der Waals surface area contributed by atoms with Gasteiger partial charge in [0.2, 0.25) is 15.9 Å². The Kier molecular flexibility index (Phi) is 6.77. The summed E-state index contributed by atoms with van der Waals surface area (Å²) in [5.41, 5.74) is 2.59. The number of sulfonamides is 1. The number of carbonyl (C=O) groups is 1. The van der Waals surface area contributed by atoms with Crippen LogP contribution in [0.3, 0.4) is 0 Å². The van der Waals surface area contributed by atoms with Crippen molar-refractivity contribution in [2.24, 2.45) is 5.14 Å². The number of primary sulfonamides is 1. The first-order valence-corrected chi connectivity index (χ1v) is 12.1. The molecule has 7 nitrogen and oxygen atoms in total. The van der Waals surface area contributed by atoms with Crippen LogP contribution in [0.4, 0.5) is 8.78 Å². The molecular weight excluding hydrogens is 474 g/mol. The largest absolute Gasteiger partial charge is 0.352 e. The van der Waals surface area contributed by atoms with Crippen LogP contribution in [0.1, 0.15) is 24.6 Å². The average molecular weight is 497 g/mol. The molecule has 0 radical (unpaired) electrons. The summed E-state index contributed by atoms with van der Waals surface area (Å²) in [6, 6.07) is 21.4.